The Kier molecular flexibility index (Phi) is 6.14. The van der Waals surface area contributed by atoms with Crippen molar-refractivity contribution < 1.29 is 42.2 Å². The summed E-state index contributed by atoms with van der Waals surface area (Å²) >= 11 is 0. The lowest BCUT2D eigenvalue weighted by Gasteiger charge is -2.32. The zero-order chi connectivity index (χ0) is 14.8. The molecule has 14 heteroatoms. The third-order valence-corrected chi connectivity index (χ3v) is 15.0. The first kappa shape index (κ1) is 18.2. The smallest absolute Gasteiger partial charge is 0.237 e. The molecule has 0 aromatic heterocycles. The summed E-state index contributed by atoms with van der Waals surface area (Å²) in [6.07, 6.45) is 0. The minimum absolute atomic E-state index is 1.80. The van der Waals surface area contributed by atoms with Crippen LogP contribution in [0.25, 0.3) is 0 Å². The van der Waals surface area contributed by atoms with Crippen molar-refractivity contribution in [3.05, 3.63) is 0 Å². The van der Waals surface area contributed by atoms with Gasteiger partial charge in [0.05, 0.1) is 0 Å². The molecule has 0 aliphatic rings. The first-order valence-electron chi connectivity index (χ1n) is 4.53. The minimum atomic E-state index is -7.48. The van der Waals surface area contributed by atoms with Crippen LogP contribution >= 0.6 is 0 Å². The second kappa shape index (κ2) is 6.08. The van der Waals surface area contributed by atoms with E-state index in [1.807, 2.05) is 0 Å². The lowest BCUT2D eigenvalue weighted by atomic mass is 10.9. The molecule has 0 rings (SSSR count). The van der Waals surface area contributed by atoms with Gasteiger partial charge in [0.25, 0.3) is 0 Å². The fourth-order valence-electron chi connectivity index (χ4n) is 1.40. The van der Waals surface area contributed by atoms with E-state index in [1.165, 1.54) is 0 Å². The van der Waals surface area contributed by atoms with Gasteiger partial charge in [0.1, 0.15) is 23.3 Å². The Balaban J connectivity index is 5.43. The van der Waals surface area contributed by atoms with Gasteiger partial charge in [0.15, 0.2) is 0 Å². The van der Waals surface area contributed by atoms with Gasteiger partial charge in [0, 0.05) is 0 Å². The molecule has 0 aromatic carbocycles. The summed E-state index contributed by atoms with van der Waals surface area (Å²) in [7, 11) is -21.8. The number of rotatable bonds is 7. The third-order valence-electron chi connectivity index (χ3n) is 2.38. The summed E-state index contributed by atoms with van der Waals surface area (Å²) in [5.74, 6) is 0. The SMILES string of the molecule is FC(F)[SiH2]CC([SiH2]C(F)F)([Si](F)(F)F)[Si](F)(F)F. The van der Waals surface area contributed by atoms with Crippen LogP contribution in [0.2, 0.25) is 10.3 Å². The standard InChI is InChI=1S/C4H8F10Si4/c5-2(6)15-1-4(16-3(7)8,17(9,10)11)18(12,13)14/h2-3H,1,15-16H2. The van der Waals surface area contributed by atoms with Crippen LogP contribution in [0.4, 0.5) is 42.2 Å². The summed E-state index contributed by atoms with van der Waals surface area (Å²) in [6, 6.07) is -8.71. The maximum atomic E-state index is 12.6. The summed E-state index contributed by atoms with van der Waals surface area (Å²) < 4.78 is 119. The zero-order valence-corrected chi connectivity index (χ0v) is 13.4. The molecule has 0 heterocycles. The molecular weight excluding hydrogens is 350 g/mol. The molecule has 110 valence electrons. The van der Waals surface area contributed by atoms with Crippen LogP contribution < -0.4 is 0 Å². The van der Waals surface area contributed by atoms with Crippen molar-refractivity contribution in [2.24, 2.45) is 0 Å². The monoisotopic (exact) mass is 358 g/mol. The average molecular weight is 358 g/mol. The van der Waals surface area contributed by atoms with Crippen molar-refractivity contribution in [1.29, 1.82) is 0 Å². The molecule has 0 fully saturated rings. The molecule has 0 unspecified atom stereocenters. The molecule has 0 atom stereocenters. The largest absolute Gasteiger partial charge is 0.624 e. The van der Waals surface area contributed by atoms with E-state index in [0.717, 1.165) is 0 Å². The molecule has 0 radical (unpaired) electrons. The van der Waals surface area contributed by atoms with Crippen LogP contribution in [0.3, 0.4) is 0 Å². The predicted octanol–water partition coefficient (Wildman–Crippen LogP) is 2.12. The van der Waals surface area contributed by atoms with Crippen molar-refractivity contribution in [3.8, 4) is 0 Å². The molecule has 0 nitrogen and oxygen atoms in total. The highest BCUT2D eigenvalue weighted by Crippen LogP contribution is 2.53. The Morgan fingerprint density at radius 2 is 1.17 bits per heavy atom. The van der Waals surface area contributed by atoms with E-state index in [4.69, 9.17) is 0 Å². The van der Waals surface area contributed by atoms with E-state index in [9.17, 15) is 42.2 Å². The lowest BCUT2D eigenvalue weighted by Crippen LogP contribution is -2.57. The molecule has 0 aliphatic carbocycles. The van der Waals surface area contributed by atoms with Gasteiger partial charge in [-0.15, -0.1) is 0 Å². The van der Waals surface area contributed by atoms with Crippen molar-refractivity contribution >= 4 is 37.2 Å². The molecular formula is C4H8F10Si4. The minimum Gasteiger partial charge on any atom is -0.237 e. The molecule has 0 bridgehead atoms. The molecule has 0 aliphatic heterocycles. The van der Waals surface area contributed by atoms with Crippen LogP contribution in [0.1, 0.15) is 0 Å². The lowest BCUT2D eigenvalue weighted by molar-refractivity contribution is 0.229. The van der Waals surface area contributed by atoms with Gasteiger partial charge in [-0.05, 0) is 6.04 Å². The molecule has 0 N–H and O–H groups in total. The third kappa shape index (κ3) is 4.37. The Morgan fingerprint density at radius 3 is 1.39 bits per heavy atom. The number of hydrogen-bond acceptors (Lipinski definition) is 0. The van der Waals surface area contributed by atoms with Gasteiger partial charge < -0.3 is 0 Å². The van der Waals surface area contributed by atoms with Gasteiger partial charge in [0.2, 0.25) is 12.1 Å². The summed E-state index contributed by atoms with van der Waals surface area (Å²) in [5, 5.41) is 0. The number of alkyl halides is 4. The first-order chi connectivity index (χ1) is 7.83. The topological polar surface area (TPSA) is 0 Å². The highest BCUT2D eigenvalue weighted by Gasteiger charge is 2.78. The number of halogens is 10. The van der Waals surface area contributed by atoms with Gasteiger partial charge >= 0.3 is 18.2 Å². The van der Waals surface area contributed by atoms with Crippen molar-refractivity contribution in [1.82, 2.24) is 0 Å². The van der Waals surface area contributed by atoms with Crippen LogP contribution in [-0.4, -0.2) is 49.3 Å². The molecule has 0 saturated carbocycles. The first-order valence-corrected chi connectivity index (χ1v) is 11.1. The second-order valence-corrected chi connectivity index (χ2v) is 13.3. The maximum absolute atomic E-state index is 12.6. The van der Waals surface area contributed by atoms with Gasteiger partial charge in [-0.1, -0.05) is 0 Å². The van der Waals surface area contributed by atoms with E-state index in [0.29, 0.717) is 0 Å². The quantitative estimate of drug-likeness (QED) is 0.372. The van der Waals surface area contributed by atoms with Crippen LogP contribution in [-0.2, 0) is 0 Å². The van der Waals surface area contributed by atoms with E-state index in [2.05, 4.69) is 0 Å². The van der Waals surface area contributed by atoms with Crippen LogP contribution in [0.15, 0.2) is 0 Å². The Hall–Kier alpha value is 0.168. The number of hydrogen-bond donors (Lipinski definition) is 0. The maximum Gasteiger partial charge on any atom is 0.624 e. The van der Waals surface area contributed by atoms with Crippen LogP contribution in [0, 0.1) is 0 Å². The van der Waals surface area contributed by atoms with Gasteiger partial charge in [-0.3, -0.25) is 0 Å². The zero-order valence-electron chi connectivity index (χ0n) is 8.56. The fourth-order valence-corrected chi connectivity index (χ4v) is 11.3. The molecule has 0 aromatic rings. The highest BCUT2D eigenvalue weighted by atomic mass is 28.5. The normalized spacial score (nSPS) is 16.0. The van der Waals surface area contributed by atoms with Gasteiger partial charge in [-0.2, -0.15) is 0 Å². The summed E-state index contributed by atoms with van der Waals surface area (Å²) in [6.45, 7) is 0. The molecule has 0 spiro atoms. The van der Waals surface area contributed by atoms with E-state index >= 15 is 0 Å². The predicted molar refractivity (Wildman–Crippen MR) is 54.8 cm³/mol. The van der Waals surface area contributed by atoms with E-state index < -0.39 is 59.6 Å². The van der Waals surface area contributed by atoms with Crippen molar-refractivity contribution in [3.63, 3.8) is 0 Å². The van der Waals surface area contributed by atoms with E-state index in [-0.39, 0.29) is 0 Å². The Morgan fingerprint density at radius 1 is 0.778 bits per heavy atom. The second-order valence-electron chi connectivity index (χ2n) is 3.60. The fraction of sp³-hybridized carbons (Fsp3) is 1.00. The summed E-state index contributed by atoms with van der Waals surface area (Å²) in [5.41, 5.74) is 0. The van der Waals surface area contributed by atoms with Crippen molar-refractivity contribution in [2.45, 2.75) is 22.4 Å². The molecule has 0 saturated heterocycles. The average Bonchev–Trinajstić information content (AvgIpc) is 2.06. The molecule has 18 heavy (non-hydrogen) atoms. The molecule has 0 amide bonds. The Bertz CT molecular complexity index is 244. The highest BCUT2D eigenvalue weighted by molar-refractivity contribution is 6.96. The van der Waals surface area contributed by atoms with E-state index in [1.54, 1.807) is 0 Å². The summed E-state index contributed by atoms with van der Waals surface area (Å²) in [4.78, 5) is 0. The Labute approximate surface area is 102 Å². The van der Waals surface area contributed by atoms with Crippen molar-refractivity contribution in [2.75, 3.05) is 0 Å². The van der Waals surface area contributed by atoms with Crippen LogP contribution in [0.5, 0.6) is 0 Å². The van der Waals surface area contributed by atoms with Gasteiger partial charge in [-0.25, -0.2) is 42.2 Å².